The molecule has 0 N–H and O–H groups in total. The molecular formula is C27H31ClN2O3. The summed E-state index contributed by atoms with van der Waals surface area (Å²) in [7, 11) is 3.58. The number of benzene rings is 2. The first-order valence-corrected chi connectivity index (χ1v) is 11.8. The summed E-state index contributed by atoms with van der Waals surface area (Å²) in [6.45, 7) is 2.88. The van der Waals surface area contributed by atoms with Crippen LogP contribution >= 0.6 is 11.6 Å². The van der Waals surface area contributed by atoms with Crippen molar-refractivity contribution in [3.8, 4) is 5.75 Å². The van der Waals surface area contributed by atoms with Gasteiger partial charge in [0.1, 0.15) is 5.75 Å². The second-order valence-corrected chi connectivity index (χ2v) is 9.13. The van der Waals surface area contributed by atoms with E-state index in [9.17, 15) is 4.79 Å². The van der Waals surface area contributed by atoms with Gasteiger partial charge in [0.2, 0.25) is 0 Å². The number of hydrogen-bond acceptors (Lipinski definition) is 4. The van der Waals surface area contributed by atoms with E-state index in [2.05, 4.69) is 23.1 Å². The molecule has 1 aliphatic heterocycles. The summed E-state index contributed by atoms with van der Waals surface area (Å²) < 4.78 is 10.8. The van der Waals surface area contributed by atoms with Gasteiger partial charge in [-0.1, -0.05) is 41.9 Å². The largest absolute Gasteiger partial charge is 0.497 e. The first-order chi connectivity index (χ1) is 16.0. The molecule has 6 heteroatoms. The summed E-state index contributed by atoms with van der Waals surface area (Å²) in [5.41, 5.74) is 2.33. The zero-order chi connectivity index (χ0) is 23.2. The molecule has 1 unspecified atom stereocenters. The Morgan fingerprint density at radius 3 is 2.64 bits per heavy atom. The van der Waals surface area contributed by atoms with Gasteiger partial charge in [0.05, 0.1) is 13.4 Å². The monoisotopic (exact) mass is 466 g/mol. The molecule has 1 atom stereocenters. The molecule has 3 aromatic rings. The Labute approximate surface area is 200 Å². The maximum Gasteiger partial charge on any atom is 0.289 e. The summed E-state index contributed by atoms with van der Waals surface area (Å²) >= 11 is 6.49. The Morgan fingerprint density at radius 2 is 1.94 bits per heavy atom. The van der Waals surface area contributed by atoms with Crippen molar-refractivity contribution in [3.63, 3.8) is 0 Å². The molecule has 2 heterocycles. The summed E-state index contributed by atoms with van der Waals surface area (Å²) in [6, 6.07) is 19.7. The van der Waals surface area contributed by atoms with Crippen molar-refractivity contribution in [2.45, 2.75) is 31.8 Å². The fourth-order valence-corrected chi connectivity index (χ4v) is 4.97. The third-order valence-electron chi connectivity index (χ3n) is 6.65. The van der Waals surface area contributed by atoms with Crippen molar-refractivity contribution >= 4 is 17.5 Å². The molecule has 1 aliphatic rings. The molecule has 0 aliphatic carbocycles. The fraction of sp³-hybridized carbons (Fsp3) is 0.370. The van der Waals surface area contributed by atoms with E-state index < -0.39 is 0 Å². The molecule has 5 nitrogen and oxygen atoms in total. The maximum absolute atomic E-state index is 13.1. The standard InChI is InChI=1S/C27H31ClN2O3/c1-29(27(31)26-11-6-16-33-26)25(18-22-8-3-4-10-24(22)28)21-12-14-30(15-13-21)19-20-7-5-9-23(17-20)32-2/h3-11,16-17,21,25H,12-15,18-19H2,1-2H3. The molecule has 1 amide bonds. The van der Waals surface area contributed by atoms with Crippen LogP contribution in [-0.4, -0.2) is 49.0 Å². The van der Waals surface area contributed by atoms with Crippen LogP contribution < -0.4 is 4.74 Å². The molecule has 1 fully saturated rings. The van der Waals surface area contributed by atoms with Gasteiger partial charge in [0.15, 0.2) is 5.76 Å². The molecule has 0 radical (unpaired) electrons. The van der Waals surface area contributed by atoms with E-state index >= 15 is 0 Å². The third-order valence-corrected chi connectivity index (χ3v) is 7.02. The lowest BCUT2D eigenvalue weighted by Crippen LogP contribution is -2.47. The van der Waals surface area contributed by atoms with Gasteiger partial charge >= 0.3 is 0 Å². The highest BCUT2D eigenvalue weighted by atomic mass is 35.5. The molecule has 0 bridgehead atoms. The number of likely N-dealkylation sites (tertiary alicyclic amines) is 1. The minimum atomic E-state index is -0.0872. The number of nitrogens with zero attached hydrogens (tertiary/aromatic N) is 2. The van der Waals surface area contributed by atoms with Crippen LogP contribution in [0.1, 0.15) is 34.5 Å². The summed E-state index contributed by atoms with van der Waals surface area (Å²) in [4.78, 5) is 17.4. The Kier molecular flexibility index (Phi) is 7.73. The van der Waals surface area contributed by atoms with Crippen LogP contribution in [0.4, 0.5) is 0 Å². The smallest absolute Gasteiger partial charge is 0.289 e. The number of methoxy groups -OCH3 is 1. The number of piperidine rings is 1. The highest BCUT2D eigenvalue weighted by Gasteiger charge is 2.33. The van der Waals surface area contributed by atoms with Gasteiger partial charge in [-0.2, -0.15) is 0 Å². The van der Waals surface area contributed by atoms with E-state index in [1.807, 2.05) is 42.3 Å². The number of furan rings is 1. The van der Waals surface area contributed by atoms with Crippen molar-refractivity contribution in [3.05, 3.63) is 88.8 Å². The molecule has 1 saturated heterocycles. The average molecular weight is 467 g/mol. The summed E-state index contributed by atoms with van der Waals surface area (Å²) in [5.74, 6) is 1.56. The topological polar surface area (TPSA) is 45.9 Å². The van der Waals surface area contributed by atoms with Gasteiger partial charge in [-0.05, 0) is 79.7 Å². The molecular weight excluding hydrogens is 436 g/mol. The predicted molar refractivity (Wildman–Crippen MR) is 131 cm³/mol. The summed E-state index contributed by atoms with van der Waals surface area (Å²) in [5, 5.41) is 0.747. The van der Waals surface area contributed by atoms with E-state index in [4.69, 9.17) is 20.8 Å². The van der Waals surface area contributed by atoms with E-state index in [1.54, 1.807) is 25.5 Å². The quantitative estimate of drug-likeness (QED) is 0.437. The van der Waals surface area contributed by atoms with Gasteiger partial charge < -0.3 is 14.1 Å². The van der Waals surface area contributed by atoms with E-state index in [0.29, 0.717) is 11.7 Å². The lowest BCUT2D eigenvalue weighted by molar-refractivity contribution is 0.0556. The van der Waals surface area contributed by atoms with Gasteiger partial charge in [-0.25, -0.2) is 0 Å². The number of hydrogen-bond donors (Lipinski definition) is 0. The van der Waals surface area contributed by atoms with Crippen LogP contribution in [0.25, 0.3) is 0 Å². The molecule has 1 aromatic heterocycles. The van der Waals surface area contributed by atoms with Crippen LogP contribution in [0.2, 0.25) is 5.02 Å². The van der Waals surface area contributed by atoms with Crippen molar-refractivity contribution in [1.29, 1.82) is 0 Å². The van der Waals surface area contributed by atoms with Gasteiger partial charge in [-0.3, -0.25) is 9.69 Å². The van der Waals surface area contributed by atoms with Gasteiger partial charge in [0.25, 0.3) is 5.91 Å². The zero-order valence-electron chi connectivity index (χ0n) is 19.2. The van der Waals surface area contributed by atoms with E-state index in [-0.39, 0.29) is 11.9 Å². The highest BCUT2D eigenvalue weighted by Crippen LogP contribution is 2.30. The Morgan fingerprint density at radius 1 is 1.15 bits per heavy atom. The van der Waals surface area contributed by atoms with Crippen molar-refractivity contribution in [2.24, 2.45) is 5.92 Å². The lowest BCUT2D eigenvalue weighted by atomic mass is 9.84. The second-order valence-electron chi connectivity index (χ2n) is 8.72. The van der Waals surface area contributed by atoms with Crippen LogP contribution in [0.5, 0.6) is 5.75 Å². The fourth-order valence-electron chi connectivity index (χ4n) is 4.76. The van der Waals surface area contributed by atoms with Gasteiger partial charge in [0, 0.05) is 24.7 Å². The van der Waals surface area contributed by atoms with Crippen molar-refractivity contribution in [1.82, 2.24) is 9.80 Å². The number of rotatable bonds is 8. The Bertz CT molecular complexity index is 1050. The van der Waals surface area contributed by atoms with Crippen molar-refractivity contribution in [2.75, 3.05) is 27.2 Å². The molecule has 0 spiro atoms. The van der Waals surface area contributed by atoms with Crippen LogP contribution in [0, 0.1) is 5.92 Å². The first kappa shape index (κ1) is 23.4. The minimum absolute atomic E-state index is 0.0430. The number of carbonyl (C=O) groups is 1. The molecule has 2 aromatic carbocycles. The first-order valence-electron chi connectivity index (χ1n) is 11.4. The lowest BCUT2D eigenvalue weighted by Gasteiger charge is -2.40. The SMILES string of the molecule is COc1cccc(CN2CCC(C(Cc3ccccc3Cl)N(C)C(=O)c3ccco3)CC2)c1. The molecule has 4 rings (SSSR count). The normalized spacial score (nSPS) is 15.8. The summed E-state index contributed by atoms with van der Waals surface area (Å²) in [6.07, 6.45) is 4.31. The Balaban J connectivity index is 1.46. The number of amides is 1. The predicted octanol–water partition coefficient (Wildman–Crippen LogP) is 5.54. The maximum atomic E-state index is 13.1. The number of halogens is 1. The third kappa shape index (κ3) is 5.79. The van der Waals surface area contributed by atoms with E-state index in [0.717, 1.165) is 55.2 Å². The molecule has 174 valence electrons. The zero-order valence-corrected chi connectivity index (χ0v) is 20.0. The van der Waals surface area contributed by atoms with Crippen molar-refractivity contribution < 1.29 is 13.9 Å². The number of carbonyl (C=O) groups excluding carboxylic acids is 1. The number of likely N-dealkylation sites (N-methyl/N-ethyl adjacent to an activating group) is 1. The average Bonchev–Trinajstić information content (AvgIpc) is 3.38. The molecule has 0 saturated carbocycles. The Hall–Kier alpha value is -2.76. The second kappa shape index (κ2) is 10.9. The van der Waals surface area contributed by atoms with E-state index in [1.165, 1.54) is 5.56 Å². The number of ether oxygens (including phenoxy) is 1. The van der Waals surface area contributed by atoms with Gasteiger partial charge in [-0.15, -0.1) is 0 Å². The molecule has 33 heavy (non-hydrogen) atoms. The highest BCUT2D eigenvalue weighted by molar-refractivity contribution is 6.31. The van der Waals surface area contributed by atoms with Crippen LogP contribution in [-0.2, 0) is 13.0 Å². The minimum Gasteiger partial charge on any atom is -0.497 e. The van der Waals surface area contributed by atoms with Crippen LogP contribution in [0.3, 0.4) is 0 Å². The van der Waals surface area contributed by atoms with Crippen LogP contribution in [0.15, 0.2) is 71.3 Å².